The molecule has 1 fully saturated rings. The first kappa shape index (κ1) is 20.6. The van der Waals surface area contributed by atoms with E-state index in [1.54, 1.807) is 25.1 Å². The summed E-state index contributed by atoms with van der Waals surface area (Å²) in [5.41, 5.74) is 1.15. The van der Waals surface area contributed by atoms with Crippen LogP contribution >= 0.6 is 11.3 Å². The summed E-state index contributed by atoms with van der Waals surface area (Å²) in [5.74, 6) is -1.59. The molecule has 0 spiro atoms. The molecule has 1 saturated heterocycles. The Morgan fingerprint density at radius 3 is 2.91 bits per heavy atom. The van der Waals surface area contributed by atoms with E-state index in [1.807, 2.05) is 0 Å². The molecule has 11 heteroatoms. The van der Waals surface area contributed by atoms with Gasteiger partial charge in [-0.25, -0.2) is 18.7 Å². The van der Waals surface area contributed by atoms with Gasteiger partial charge in [0.05, 0.1) is 22.0 Å². The van der Waals surface area contributed by atoms with Gasteiger partial charge in [0.25, 0.3) is 5.91 Å². The molecule has 1 aliphatic heterocycles. The average Bonchev–Trinajstić information content (AvgIpc) is 3.44. The molecular weight excluding hydrogens is 438 g/mol. The van der Waals surface area contributed by atoms with Gasteiger partial charge in [0, 0.05) is 12.2 Å². The first-order valence-electron chi connectivity index (χ1n) is 10.1. The number of hydrogen-bond donors (Lipinski definition) is 2. The number of aromatic nitrogens is 5. The van der Waals surface area contributed by atoms with Gasteiger partial charge in [-0.3, -0.25) is 15.2 Å². The Bertz CT molecular complexity index is 1320. The van der Waals surface area contributed by atoms with Gasteiger partial charge in [0.15, 0.2) is 22.3 Å². The van der Waals surface area contributed by atoms with Crippen LogP contribution in [0.25, 0.3) is 32.9 Å². The zero-order chi connectivity index (χ0) is 22.2. The van der Waals surface area contributed by atoms with Gasteiger partial charge >= 0.3 is 0 Å². The van der Waals surface area contributed by atoms with Gasteiger partial charge in [0.2, 0.25) is 0 Å². The number of pyridine rings is 1. The Hall–Kier alpha value is -3.31. The number of aryl methyl sites for hydroxylation is 1. The van der Waals surface area contributed by atoms with Crippen LogP contribution in [0.4, 0.5) is 13.9 Å². The predicted molar refractivity (Wildman–Crippen MR) is 115 cm³/mol. The highest BCUT2D eigenvalue weighted by atomic mass is 32.1. The van der Waals surface area contributed by atoms with Crippen LogP contribution in [0.1, 0.15) is 25.0 Å². The first-order chi connectivity index (χ1) is 15.5. The number of fused-ring (bicyclic) bond motifs is 1. The largest absolute Gasteiger partial charge is 0.368 e. The molecule has 1 aromatic carbocycles. The number of nitrogens with zero attached hydrogens (tertiary/aromatic N) is 4. The summed E-state index contributed by atoms with van der Waals surface area (Å²) in [7, 11) is 0. The van der Waals surface area contributed by atoms with Crippen LogP contribution < -0.4 is 5.32 Å². The molecule has 0 radical (unpaired) electrons. The topological polar surface area (TPSA) is 106 Å². The lowest BCUT2D eigenvalue weighted by atomic mass is 10.1. The number of carbonyl (C=O) groups is 1. The fraction of sp³-hybridized carbons (Fsp3) is 0.286. The van der Waals surface area contributed by atoms with E-state index in [4.69, 9.17) is 4.74 Å². The highest BCUT2D eigenvalue weighted by Crippen LogP contribution is 2.34. The maximum absolute atomic E-state index is 14.9. The average molecular weight is 456 g/mol. The summed E-state index contributed by atoms with van der Waals surface area (Å²) in [4.78, 5) is 22.1. The van der Waals surface area contributed by atoms with Crippen molar-refractivity contribution >= 4 is 33.4 Å². The van der Waals surface area contributed by atoms with Crippen molar-refractivity contribution in [2.45, 2.75) is 32.3 Å². The molecule has 2 N–H and O–H groups in total. The third-order valence-electron chi connectivity index (χ3n) is 5.26. The summed E-state index contributed by atoms with van der Waals surface area (Å²) < 4.78 is 34.8. The summed E-state index contributed by atoms with van der Waals surface area (Å²) in [5, 5.41) is 12.7. The zero-order valence-corrected chi connectivity index (χ0v) is 17.8. The maximum Gasteiger partial charge on any atom is 0.255 e. The van der Waals surface area contributed by atoms with Crippen molar-refractivity contribution < 1.29 is 18.3 Å². The van der Waals surface area contributed by atoms with Crippen molar-refractivity contribution in [1.29, 1.82) is 0 Å². The molecule has 1 aliphatic rings. The molecule has 0 aliphatic carbocycles. The Morgan fingerprint density at radius 1 is 1.25 bits per heavy atom. The molecule has 8 nitrogen and oxygen atoms in total. The molecule has 4 heterocycles. The minimum Gasteiger partial charge on any atom is -0.368 e. The normalized spacial score (nSPS) is 16.4. The van der Waals surface area contributed by atoms with Crippen molar-refractivity contribution in [3.63, 3.8) is 0 Å². The van der Waals surface area contributed by atoms with E-state index in [1.165, 1.54) is 11.3 Å². The quantitative estimate of drug-likeness (QED) is 0.476. The van der Waals surface area contributed by atoms with Crippen LogP contribution in [0.5, 0.6) is 0 Å². The van der Waals surface area contributed by atoms with Gasteiger partial charge in [-0.2, -0.15) is 0 Å². The van der Waals surface area contributed by atoms with Gasteiger partial charge in [-0.1, -0.05) is 22.6 Å². The second-order valence-electron chi connectivity index (χ2n) is 7.44. The van der Waals surface area contributed by atoms with E-state index in [0.29, 0.717) is 29.5 Å². The van der Waals surface area contributed by atoms with Crippen molar-refractivity contribution in [1.82, 2.24) is 25.4 Å². The minimum atomic E-state index is -0.707. The van der Waals surface area contributed by atoms with Crippen LogP contribution in [0, 0.1) is 18.6 Å². The molecule has 1 atom stereocenters. The number of benzene rings is 1. The summed E-state index contributed by atoms with van der Waals surface area (Å²) in [6.07, 6.45) is 2.13. The second kappa shape index (κ2) is 8.32. The molecule has 32 heavy (non-hydrogen) atoms. The van der Waals surface area contributed by atoms with E-state index >= 15 is 0 Å². The standard InChI is InChI=1S/C21H18F2N6O2S/c1-10-19(32-21(24-10)26-20(30)15-7-2-3-8-31-15)14-6-4-5-13(25-14)11-9-12(22)17-18(16(11)23)28-29-27-17/h4-6,9,15H,2-3,7-8H2,1H3,(H,24,26,30)(H,27,28,29). The lowest BCUT2D eigenvalue weighted by Gasteiger charge is -2.20. The van der Waals surface area contributed by atoms with Gasteiger partial charge in [-0.05, 0) is 44.4 Å². The number of ether oxygens (including phenoxy) is 1. The molecule has 3 aromatic heterocycles. The number of hydrogen-bond acceptors (Lipinski definition) is 7. The molecule has 1 unspecified atom stereocenters. The van der Waals surface area contributed by atoms with Crippen LogP contribution in [0.2, 0.25) is 0 Å². The number of anilines is 1. The van der Waals surface area contributed by atoms with Crippen molar-refractivity contribution in [2.24, 2.45) is 0 Å². The highest BCUT2D eigenvalue weighted by molar-refractivity contribution is 7.19. The Morgan fingerprint density at radius 2 is 2.09 bits per heavy atom. The minimum absolute atomic E-state index is 0.0177. The first-order valence-corrected chi connectivity index (χ1v) is 10.9. The van der Waals surface area contributed by atoms with Crippen LogP contribution in [-0.2, 0) is 9.53 Å². The van der Waals surface area contributed by atoms with Crippen LogP contribution in [-0.4, -0.2) is 44.0 Å². The summed E-state index contributed by atoms with van der Waals surface area (Å²) >= 11 is 1.26. The smallest absolute Gasteiger partial charge is 0.255 e. The molecule has 0 saturated carbocycles. The number of halogens is 2. The molecule has 4 aromatic rings. The van der Waals surface area contributed by atoms with Crippen molar-refractivity contribution in [2.75, 3.05) is 11.9 Å². The highest BCUT2D eigenvalue weighted by Gasteiger charge is 2.24. The Labute approximate surface area is 185 Å². The van der Waals surface area contributed by atoms with E-state index in [9.17, 15) is 13.6 Å². The Balaban J connectivity index is 1.45. The van der Waals surface area contributed by atoms with Gasteiger partial charge < -0.3 is 4.74 Å². The molecule has 1 amide bonds. The van der Waals surface area contributed by atoms with E-state index in [0.717, 1.165) is 23.8 Å². The van der Waals surface area contributed by atoms with E-state index in [2.05, 4.69) is 30.7 Å². The number of thiazole rings is 1. The van der Waals surface area contributed by atoms with Gasteiger partial charge in [0.1, 0.15) is 11.6 Å². The fourth-order valence-electron chi connectivity index (χ4n) is 3.66. The van der Waals surface area contributed by atoms with Crippen molar-refractivity contribution in [3.05, 3.63) is 41.6 Å². The number of carbonyl (C=O) groups excluding carboxylic acids is 1. The van der Waals surface area contributed by atoms with E-state index < -0.39 is 17.7 Å². The second-order valence-corrected chi connectivity index (χ2v) is 8.44. The number of H-pyrrole nitrogens is 1. The number of aromatic amines is 1. The van der Waals surface area contributed by atoms with Gasteiger partial charge in [-0.15, -0.1) is 5.10 Å². The van der Waals surface area contributed by atoms with Crippen molar-refractivity contribution in [3.8, 4) is 21.8 Å². The number of nitrogens with one attached hydrogen (secondary N) is 2. The molecule has 5 rings (SSSR count). The predicted octanol–water partition coefficient (Wildman–Crippen LogP) is 4.24. The lowest BCUT2D eigenvalue weighted by Crippen LogP contribution is -2.33. The Kier molecular flexibility index (Phi) is 5.35. The number of amides is 1. The fourth-order valence-corrected chi connectivity index (χ4v) is 4.60. The summed E-state index contributed by atoms with van der Waals surface area (Å²) in [6.45, 7) is 2.38. The van der Waals surface area contributed by atoms with E-state index in [-0.39, 0.29) is 28.2 Å². The molecule has 164 valence electrons. The maximum atomic E-state index is 14.9. The molecule has 0 bridgehead atoms. The van der Waals surface area contributed by atoms with Crippen LogP contribution in [0.3, 0.4) is 0 Å². The third kappa shape index (κ3) is 3.73. The zero-order valence-electron chi connectivity index (χ0n) is 17.0. The third-order valence-corrected chi connectivity index (χ3v) is 6.35. The summed E-state index contributed by atoms with van der Waals surface area (Å²) in [6, 6.07) is 6.11. The number of rotatable bonds is 4. The molecular formula is C21H18F2N6O2S. The monoisotopic (exact) mass is 456 g/mol. The SMILES string of the molecule is Cc1nc(NC(=O)C2CCCCO2)sc1-c1cccc(-c2cc(F)c3[nH]nnc3c2F)n1. The van der Waals surface area contributed by atoms with Crippen LogP contribution in [0.15, 0.2) is 24.3 Å². The lowest BCUT2D eigenvalue weighted by molar-refractivity contribution is -0.129.